The fourth-order valence-electron chi connectivity index (χ4n) is 6.28. The Kier molecular flexibility index (Phi) is 12.8. The van der Waals surface area contributed by atoms with Crippen molar-refractivity contribution in [1.29, 1.82) is 0 Å². The second-order valence-corrected chi connectivity index (χ2v) is 15.4. The quantitative estimate of drug-likeness (QED) is 0.179. The number of carbonyl (C=O) groups is 2. The highest BCUT2D eigenvalue weighted by Crippen LogP contribution is 2.30. The lowest BCUT2D eigenvalue weighted by Crippen LogP contribution is -2.48. The Labute approximate surface area is 307 Å². The van der Waals surface area contributed by atoms with E-state index in [4.69, 9.17) is 9.47 Å². The summed E-state index contributed by atoms with van der Waals surface area (Å²) in [7, 11) is -2.23. The number of benzene rings is 4. The Morgan fingerprint density at radius 3 is 2.50 bits per heavy atom. The predicted molar refractivity (Wildman–Crippen MR) is 204 cm³/mol. The second-order valence-electron chi connectivity index (χ2n) is 13.8. The van der Waals surface area contributed by atoms with Gasteiger partial charge in [-0.25, -0.2) is 13.2 Å². The molecular weight excluding hydrogens is 681 g/mol. The Bertz CT molecular complexity index is 1950. The molecule has 12 heteroatoms. The fraction of sp³-hybridized carbons (Fsp3) is 0.400. The molecule has 5 rings (SSSR count). The third kappa shape index (κ3) is 9.61. The van der Waals surface area contributed by atoms with Crippen LogP contribution in [0.25, 0.3) is 10.8 Å². The average molecular weight is 731 g/mol. The van der Waals surface area contributed by atoms with Crippen LogP contribution in [-0.2, 0) is 14.8 Å². The molecule has 3 N–H and O–H groups in total. The van der Waals surface area contributed by atoms with Crippen molar-refractivity contribution in [3.05, 3.63) is 96.1 Å². The maximum absolute atomic E-state index is 14.5. The Morgan fingerprint density at radius 2 is 1.75 bits per heavy atom. The van der Waals surface area contributed by atoms with Crippen LogP contribution in [0, 0.1) is 12.8 Å². The number of hydrogen-bond acceptors (Lipinski definition) is 7. The number of amides is 3. The molecule has 0 unspecified atom stereocenters. The summed E-state index contributed by atoms with van der Waals surface area (Å²) in [4.78, 5) is 31.2. The molecular formula is C40H50N4O7S. The summed E-state index contributed by atoms with van der Waals surface area (Å²) in [6, 6.07) is 23.9. The van der Waals surface area contributed by atoms with E-state index in [2.05, 4.69) is 10.0 Å². The molecule has 0 bridgehead atoms. The highest BCUT2D eigenvalue weighted by Gasteiger charge is 2.31. The first kappa shape index (κ1) is 38.6. The monoisotopic (exact) mass is 730 g/mol. The number of hydrogen-bond donors (Lipinski definition) is 3. The van der Waals surface area contributed by atoms with Crippen LogP contribution in [-0.4, -0.2) is 86.9 Å². The molecule has 0 saturated heterocycles. The number of carbonyl (C=O) groups excluding carboxylic acids is 2. The van der Waals surface area contributed by atoms with E-state index in [0.29, 0.717) is 24.5 Å². The van der Waals surface area contributed by atoms with Gasteiger partial charge < -0.3 is 29.7 Å². The van der Waals surface area contributed by atoms with Gasteiger partial charge in [0.05, 0.1) is 41.0 Å². The summed E-state index contributed by atoms with van der Waals surface area (Å²) in [6.07, 6.45) is 1.60. The lowest BCUT2D eigenvalue weighted by Gasteiger charge is -2.35. The zero-order valence-corrected chi connectivity index (χ0v) is 31.4. The van der Waals surface area contributed by atoms with Crippen LogP contribution in [0.4, 0.5) is 16.2 Å². The zero-order valence-electron chi connectivity index (χ0n) is 30.5. The topological polar surface area (TPSA) is 138 Å². The van der Waals surface area contributed by atoms with E-state index in [1.54, 1.807) is 48.0 Å². The number of aliphatic hydroxyl groups is 1. The first-order valence-electron chi connectivity index (χ1n) is 17.8. The summed E-state index contributed by atoms with van der Waals surface area (Å²) < 4.78 is 41.9. The van der Waals surface area contributed by atoms with Crippen LogP contribution in [0.2, 0.25) is 0 Å². The Balaban J connectivity index is 1.40. The van der Waals surface area contributed by atoms with Gasteiger partial charge in [-0.3, -0.25) is 9.52 Å². The number of anilines is 2. The normalized spacial score (nSPS) is 19.5. The van der Waals surface area contributed by atoms with Crippen molar-refractivity contribution in [1.82, 2.24) is 9.80 Å². The number of aryl methyl sites for hydroxylation is 1. The minimum Gasteiger partial charge on any atom is -0.490 e. The van der Waals surface area contributed by atoms with E-state index in [1.165, 1.54) is 18.2 Å². The van der Waals surface area contributed by atoms with Crippen molar-refractivity contribution >= 4 is 44.1 Å². The summed E-state index contributed by atoms with van der Waals surface area (Å²) >= 11 is 0. The lowest BCUT2D eigenvalue weighted by molar-refractivity contribution is -0.0115. The number of fused-ring (bicyclic) bond motifs is 2. The maximum Gasteiger partial charge on any atom is 0.321 e. The van der Waals surface area contributed by atoms with Gasteiger partial charge in [0, 0.05) is 43.7 Å². The van der Waals surface area contributed by atoms with Crippen LogP contribution < -0.4 is 14.8 Å². The Hall–Kier alpha value is -4.65. The van der Waals surface area contributed by atoms with Crippen LogP contribution >= 0.6 is 0 Å². The molecule has 11 nitrogen and oxygen atoms in total. The van der Waals surface area contributed by atoms with E-state index in [9.17, 15) is 23.1 Å². The highest BCUT2D eigenvalue weighted by atomic mass is 32.2. The van der Waals surface area contributed by atoms with Gasteiger partial charge in [-0.15, -0.1) is 0 Å². The molecule has 0 saturated carbocycles. The van der Waals surface area contributed by atoms with Gasteiger partial charge in [0.1, 0.15) is 5.75 Å². The lowest BCUT2D eigenvalue weighted by atomic mass is 10.0. The molecule has 4 aromatic carbocycles. The fourth-order valence-corrected chi connectivity index (χ4v) is 7.33. The Morgan fingerprint density at radius 1 is 1.02 bits per heavy atom. The number of aliphatic hydroxyl groups excluding tert-OH is 1. The molecule has 0 spiro atoms. The highest BCUT2D eigenvalue weighted by molar-refractivity contribution is 7.92. The third-order valence-electron chi connectivity index (χ3n) is 9.47. The number of sulfonamides is 1. The maximum atomic E-state index is 14.5. The molecule has 0 aromatic heterocycles. The van der Waals surface area contributed by atoms with Crippen molar-refractivity contribution in [2.24, 2.45) is 5.92 Å². The van der Waals surface area contributed by atoms with Crippen LogP contribution in [0.15, 0.2) is 89.8 Å². The van der Waals surface area contributed by atoms with E-state index in [-0.39, 0.29) is 53.9 Å². The van der Waals surface area contributed by atoms with Crippen molar-refractivity contribution in [2.75, 3.05) is 43.4 Å². The minimum atomic E-state index is -3.94. The molecule has 278 valence electrons. The van der Waals surface area contributed by atoms with Crippen molar-refractivity contribution in [3.63, 3.8) is 0 Å². The third-order valence-corrected chi connectivity index (χ3v) is 10.9. The second kappa shape index (κ2) is 17.2. The molecule has 4 atom stereocenters. The van der Waals surface area contributed by atoms with Crippen LogP contribution in [0.5, 0.6) is 5.75 Å². The predicted octanol–water partition coefficient (Wildman–Crippen LogP) is 6.91. The molecule has 4 aromatic rings. The van der Waals surface area contributed by atoms with E-state index < -0.39 is 28.1 Å². The van der Waals surface area contributed by atoms with Gasteiger partial charge in [0.2, 0.25) is 0 Å². The summed E-state index contributed by atoms with van der Waals surface area (Å²) in [5, 5.41) is 15.3. The number of ether oxygens (including phenoxy) is 2. The molecule has 3 amide bonds. The molecule has 0 fully saturated rings. The number of nitrogens with one attached hydrogen (secondary N) is 2. The first-order chi connectivity index (χ1) is 24.9. The van der Waals surface area contributed by atoms with Gasteiger partial charge in [-0.1, -0.05) is 61.0 Å². The molecule has 1 heterocycles. The van der Waals surface area contributed by atoms with E-state index >= 15 is 0 Å². The van der Waals surface area contributed by atoms with Gasteiger partial charge >= 0.3 is 6.03 Å². The number of rotatable bonds is 8. The molecule has 0 radical (unpaired) electrons. The number of likely N-dealkylation sites (N-methyl/N-ethyl adjacent to an activating group) is 1. The summed E-state index contributed by atoms with van der Waals surface area (Å²) in [6.45, 7) is 8.13. The van der Waals surface area contributed by atoms with Gasteiger partial charge in [-0.2, -0.15) is 0 Å². The summed E-state index contributed by atoms with van der Waals surface area (Å²) in [5.41, 5.74) is 2.01. The van der Waals surface area contributed by atoms with Gasteiger partial charge in [-0.05, 0) is 81.8 Å². The largest absolute Gasteiger partial charge is 0.490 e. The number of urea groups is 1. The number of nitrogens with zero attached hydrogens (tertiary/aromatic N) is 2. The van der Waals surface area contributed by atoms with Crippen molar-refractivity contribution < 1.29 is 32.6 Å². The van der Waals surface area contributed by atoms with Crippen molar-refractivity contribution in [3.8, 4) is 5.75 Å². The molecule has 52 heavy (non-hydrogen) atoms. The standard InChI is InChI=1S/C40H50N4O7S/c1-27-16-19-33(20-17-27)52(48,49)42-32-18-21-37-35(23-32)39(46)44(29(3)26-45)24-28(2)38(50-22-9-8-11-30(4)51-37)25-43(5)40(47)41-36-15-10-13-31-12-6-7-14-34(31)36/h6-7,10,12-21,23,28-30,38,42,45H,8-9,11,22,24-26H2,1-5H3,(H,41,47)/t28-,29+,30-,38-/m0/s1. The van der Waals surface area contributed by atoms with Crippen LogP contribution in [0.1, 0.15) is 56.0 Å². The average Bonchev–Trinajstić information content (AvgIpc) is 3.12. The molecule has 0 aliphatic carbocycles. The van der Waals surface area contributed by atoms with Crippen LogP contribution in [0.3, 0.4) is 0 Å². The summed E-state index contributed by atoms with van der Waals surface area (Å²) in [5.74, 6) is -0.363. The SMILES string of the molecule is Cc1ccc(S(=O)(=O)Nc2ccc3c(c2)C(=O)N([C@H](C)CO)C[C@H](C)[C@H](CN(C)C(=O)Nc2cccc4ccccc24)OCCCC[C@H](C)O3)cc1. The molecule has 1 aliphatic rings. The van der Waals surface area contributed by atoms with Gasteiger partial charge in [0.25, 0.3) is 15.9 Å². The van der Waals surface area contributed by atoms with Crippen molar-refractivity contribution in [2.45, 2.75) is 70.1 Å². The zero-order chi connectivity index (χ0) is 37.4. The smallest absolute Gasteiger partial charge is 0.321 e. The van der Waals surface area contributed by atoms with E-state index in [0.717, 1.165) is 29.2 Å². The minimum absolute atomic E-state index is 0.0977. The van der Waals surface area contributed by atoms with E-state index in [1.807, 2.05) is 63.2 Å². The molecule has 1 aliphatic heterocycles. The first-order valence-corrected chi connectivity index (χ1v) is 19.3. The van der Waals surface area contributed by atoms with Gasteiger partial charge in [0.15, 0.2) is 0 Å².